The number of imide groups is 2. The summed E-state index contributed by atoms with van der Waals surface area (Å²) >= 11 is 15.3. The first-order valence-electron chi connectivity index (χ1n) is 10.9. The number of barbiturate groups is 1. The van der Waals surface area contributed by atoms with Crippen LogP contribution in [0.15, 0.2) is 70.7 Å². The number of anilines is 2. The highest BCUT2D eigenvalue weighted by Crippen LogP contribution is 2.31. The van der Waals surface area contributed by atoms with Crippen molar-refractivity contribution < 1.29 is 28.7 Å². The van der Waals surface area contributed by atoms with Crippen LogP contribution in [0.4, 0.5) is 16.2 Å². The van der Waals surface area contributed by atoms with Crippen LogP contribution in [0.2, 0.25) is 10.0 Å². The van der Waals surface area contributed by atoms with E-state index in [1.807, 2.05) is 0 Å². The van der Waals surface area contributed by atoms with Gasteiger partial charge in [-0.1, -0.05) is 41.4 Å². The molecule has 0 aromatic heterocycles. The summed E-state index contributed by atoms with van der Waals surface area (Å²) in [5, 5.41) is 5.24. The average molecular weight is 619 g/mol. The number of rotatable bonds is 7. The van der Waals surface area contributed by atoms with Gasteiger partial charge < -0.3 is 14.8 Å². The zero-order chi connectivity index (χ0) is 27.4. The smallest absolute Gasteiger partial charge is 0.335 e. The van der Waals surface area contributed by atoms with Gasteiger partial charge in [-0.05, 0) is 70.0 Å². The van der Waals surface area contributed by atoms with E-state index in [2.05, 4.69) is 26.6 Å². The van der Waals surface area contributed by atoms with Crippen LogP contribution in [0.3, 0.4) is 0 Å². The van der Waals surface area contributed by atoms with Crippen LogP contribution in [0.1, 0.15) is 5.56 Å². The lowest BCUT2D eigenvalue weighted by atomic mass is 10.1. The second kappa shape index (κ2) is 11.7. The predicted octanol–water partition coefficient (Wildman–Crippen LogP) is 5.45. The maximum absolute atomic E-state index is 13.1. The molecule has 194 valence electrons. The summed E-state index contributed by atoms with van der Waals surface area (Å²) in [5.41, 5.74) is 0.849. The standard InChI is InChI=1S/C26H18BrCl2N3O6/c1-37-22-5-3-2-4-20(22)30-23(33)13-38-21-9-6-14(11-17(21)27)10-16-24(34)31-26(36)32(25(16)35)15-7-8-18(28)19(29)12-15/h2-12H,13H2,1H3,(H,30,33)(H,31,34,36)/b16-10-. The maximum Gasteiger partial charge on any atom is 0.335 e. The molecule has 1 heterocycles. The summed E-state index contributed by atoms with van der Waals surface area (Å²) in [6, 6.07) is 15.0. The number of benzene rings is 3. The van der Waals surface area contributed by atoms with Crippen molar-refractivity contribution in [3.63, 3.8) is 0 Å². The lowest BCUT2D eigenvalue weighted by Crippen LogP contribution is -2.54. The van der Waals surface area contributed by atoms with Crippen molar-refractivity contribution in [2.75, 3.05) is 23.9 Å². The third-order valence-corrected chi connectivity index (χ3v) is 6.63. The number of para-hydroxylation sites is 2. The van der Waals surface area contributed by atoms with E-state index in [-0.39, 0.29) is 27.9 Å². The molecule has 12 heteroatoms. The molecule has 3 aromatic rings. The molecule has 1 aliphatic rings. The number of carbonyl (C=O) groups is 4. The third-order valence-electron chi connectivity index (χ3n) is 5.27. The number of urea groups is 1. The van der Waals surface area contributed by atoms with Gasteiger partial charge in [0.05, 0.1) is 33.0 Å². The number of carbonyl (C=O) groups excluding carboxylic acids is 4. The average Bonchev–Trinajstić information content (AvgIpc) is 2.88. The van der Waals surface area contributed by atoms with Gasteiger partial charge in [0.1, 0.15) is 17.1 Å². The minimum absolute atomic E-state index is 0.142. The van der Waals surface area contributed by atoms with Crippen LogP contribution >= 0.6 is 39.1 Å². The molecule has 38 heavy (non-hydrogen) atoms. The fourth-order valence-electron chi connectivity index (χ4n) is 3.48. The molecular weight excluding hydrogens is 601 g/mol. The predicted molar refractivity (Wildman–Crippen MR) is 147 cm³/mol. The summed E-state index contributed by atoms with van der Waals surface area (Å²) in [6.45, 7) is -0.279. The molecule has 2 N–H and O–H groups in total. The molecule has 0 saturated carbocycles. The number of amides is 5. The van der Waals surface area contributed by atoms with Crippen molar-refractivity contribution >= 4 is 80.3 Å². The second-order valence-corrected chi connectivity index (χ2v) is 9.45. The van der Waals surface area contributed by atoms with E-state index >= 15 is 0 Å². The second-order valence-electron chi connectivity index (χ2n) is 7.78. The number of nitrogens with one attached hydrogen (secondary N) is 2. The van der Waals surface area contributed by atoms with Gasteiger partial charge in [0, 0.05) is 0 Å². The fraction of sp³-hybridized carbons (Fsp3) is 0.0769. The maximum atomic E-state index is 13.1. The number of nitrogens with zero attached hydrogens (tertiary/aromatic N) is 1. The molecule has 1 fully saturated rings. The van der Waals surface area contributed by atoms with Crippen LogP contribution < -0.4 is 25.0 Å². The highest BCUT2D eigenvalue weighted by molar-refractivity contribution is 9.10. The van der Waals surface area contributed by atoms with E-state index in [0.29, 0.717) is 27.2 Å². The van der Waals surface area contributed by atoms with Gasteiger partial charge in [0.15, 0.2) is 6.61 Å². The molecule has 0 aliphatic carbocycles. The fourth-order valence-corrected chi connectivity index (χ4v) is 4.29. The van der Waals surface area contributed by atoms with Gasteiger partial charge in [-0.25, -0.2) is 9.69 Å². The van der Waals surface area contributed by atoms with E-state index in [1.54, 1.807) is 42.5 Å². The summed E-state index contributed by atoms with van der Waals surface area (Å²) in [5.74, 6) is -1.21. The number of hydrogen-bond acceptors (Lipinski definition) is 6. The van der Waals surface area contributed by atoms with Gasteiger partial charge in [-0.3, -0.25) is 19.7 Å². The summed E-state index contributed by atoms with van der Waals surface area (Å²) in [7, 11) is 1.50. The molecule has 4 rings (SSSR count). The first kappa shape index (κ1) is 27.2. The quantitative estimate of drug-likeness (QED) is 0.269. The van der Waals surface area contributed by atoms with Crippen LogP contribution in [0, 0.1) is 0 Å². The van der Waals surface area contributed by atoms with Gasteiger partial charge >= 0.3 is 6.03 Å². The Morgan fingerprint density at radius 1 is 1.03 bits per heavy atom. The van der Waals surface area contributed by atoms with Crippen molar-refractivity contribution in [3.05, 3.63) is 86.3 Å². The number of hydrogen-bond donors (Lipinski definition) is 2. The van der Waals surface area contributed by atoms with Crippen molar-refractivity contribution in [2.45, 2.75) is 0 Å². The lowest BCUT2D eigenvalue weighted by Gasteiger charge is -2.26. The van der Waals surface area contributed by atoms with Crippen LogP contribution in [-0.4, -0.2) is 37.5 Å². The SMILES string of the molecule is COc1ccccc1NC(=O)COc1ccc(/C=C2/C(=O)NC(=O)N(c3ccc(Cl)c(Cl)c3)C2=O)cc1Br. The zero-order valence-corrected chi connectivity index (χ0v) is 22.7. The molecule has 5 amide bonds. The Balaban J connectivity index is 1.48. The van der Waals surface area contributed by atoms with Crippen molar-refractivity contribution in [2.24, 2.45) is 0 Å². The Bertz CT molecular complexity index is 1490. The van der Waals surface area contributed by atoms with Crippen molar-refractivity contribution in [3.8, 4) is 11.5 Å². The minimum atomic E-state index is -0.910. The monoisotopic (exact) mass is 617 g/mol. The minimum Gasteiger partial charge on any atom is -0.495 e. The highest BCUT2D eigenvalue weighted by Gasteiger charge is 2.37. The van der Waals surface area contributed by atoms with E-state index in [0.717, 1.165) is 4.90 Å². The Labute approximate surface area is 235 Å². The van der Waals surface area contributed by atoms with E-state index < -0.39 is 23.8 Å². The van der Waals surface area contributed by atoms with Crippen molar-refractivity contribution in [1.29, 1.82) is 0 Å². The van der Waals surface area contributed by atoms with E-state index in [9.17, 15) is 19.2 Å². The number of halogens is 3. The van der Waals surface area contributed by atoms with E-state index in [4.69, 9.17) is 32.7 Å². The summed E-state index contributed by atoms with van der Waals surface area (Å²) < 4.78 is 11.3. The van der Waals surface area contributed by atoms with Crippen LogP contribution in [-0.2, 0) is 14.4 Å². The Morgan fingerprint density at radius 3 is 2.50 bits per heavy atom. The van der Waals surface area contributed by atoms with Gasteiger partial charge in [0.2, 0.25) is 0 Å². The lowest BCUT2D eigenvalue weighted by molar-refractivity contribution is -0.122. The number of ether oxygens (including phenoxy) is 2. The van der Waals surface area contributed by atoms with Gasteiger partial charge in [-0.15, -0.1) is 0 Å². The molecule has 3 aromatic carbocycles. The summed E-state index contributed by atoms with van der Waals surface area (Å²) in [4.78, 5) is 51.1. The number of methoxy groups -OCH3 is 1. The Kier molecular flexibility index (Phi) is 8.35. The molecule has 1 saturated heterocycles. The largest absolute Gasteiger partial charge is 0.495 e. The highest BCUT2D eigenvalue weighted by atomic mass is 79.9. The molecule has 0 radical (unpaired) electrons. The zero-order valence-electron chi connectivity index (χ0n) is 19.6. The normalized spacial score (nSPS) is 14.4. The summed E-state index contributed by atoms with van der Waals surface area (Å²) in [6.07, 6.45) is 1.33. The van der Waals surface area contributed by atoms with Crippen LogP contribution in [0.5, 0.6) is 11.5 Å². The van der Waals surface area contributed by atoms with Gasteiger partial charge in [0.25, 0.3) is 17.7 Å². The first-order valence-corrected chi connectivity index (χ1v) is 12.4. The molecular formula is C26H18BrCl2N3O6. The Hall–Kier alpha value is -3.86. The molecule has 9 nitrogen and oxygen atoms in total. The van der Waals surface area contributed by atoms with Gasteiger partial charge in [-0.2, -0.15) is 0 Å². The molecule has 0 bridgehead atoms. The molecule has 0 atom stereocenters. The Morgan fingerprint density at radius 2 is 1.79 bits per heavy atom. The topological polar surface area (TPSA) is 114 Å². The molecule has 1 aliphatic heterocycles. The third kappa shape index (κ3) is 5.99. The van der Waals surface area contributed by atoms with E-state index in [1.165, 1.54) is 31.4 Å². The molecule has 0 unspecified atom stereocenters. The molecule has 0 spiro atoms. The van der Waals surface area contributed by atoms with Crippen molar-refractivity contribution in [1.82, 2.24) is 5.32 Å². The first-order chi connectivity index (χ1) is 18.2. The van der Waals surface area contributed by atoms with Crippen LogP contribution in [0.25, 0.3) is 6.08 Å².